The number of hydrogen-bond donors (Lipinski definition) is 6. The third-order valence-corrected chi connectivity index (χ3v) is 18.8. The molecule has 4 fully saturated rings. The number of cyclic esters (lactones) is 1. The largest absolute Gasteiger partial charge is 0.459 e. The summed E-state index contributed by atoms with van der Waals surface area (Å²) >= 11 is 0. The number of aliphatic hydroxyl groups is 5. The van der Waals surface area contributed by atoms with Crippen molar-refractivity contribution in [1.29, 1.82) is 0 Å². The summed E-state index contributed by atoms with van der Waals surface area (Å²) in [5.41, 5.74) is -6.38. The fourth-order valence-corrected chi connectivity index (χ4v) is 14.0. The number of aliphatic hydroxyl groups excluding tert-OH is 2. The Balaban J connectivity index is 1.82. The van der Waals surface area contributed by atoms with Crippen molar-refractivity contribution in [3.8, 4) is 0 Å². The molecular weight excluding hydrogens is 891 g/mol. The average molecular weight is 974 g/mol. The van der Waals surface area contributed by atoms with Gasteiger partial charge >= 0.3 is 5.97 Å². The molecule has 0 bridgehead atoms. The van der Waals surface area contributed by atoms with Gasteiger partial charge in [0.15, 0.2) is 27.5 Å². The normalized spacial score (nSPS) is 45.1. The van der Waals surface area contributed by atoms with Crippen LogP contribution in [0.25, 0.3) is 0 Å². The number of sulfonamides is 1. The fraction of sp³-hybridized carbons (Fsp3) is 0.977. The number of nitrogens with zero attached hydrogens (tertiary/aromatic N) is 2. The number of hydrogen-bond acceptors (Lipinski definition) is 18. The number of piperidine rings is 1. The van der Waals surface area contributed by atoms with Gasteiger partial charge in [-0.05, 0) is 106 Å². The molecule has 0 radical (unpaired) electrons. The second-order valence-corrected chi connectivity index (χ2v) is 25.1. The van der Waals surface area contributed by atoms with Crippen LogP contribution in [-0.4, -0.2) is 199 Å². The highest BCUT2D eigenvalue weighted by atomic mass is 32.3. The van der Waals surface area contributed by atoms with Crippen LogP contribution in [0.15, 0.2) is 0 Å². The number of likely N-dealkylation sites (tertiary alicyclic amines) is 1. The summed E-state index contributed by atoms with van der Waals surface area (Å²) in [4.78, 5) is 16.7. The number of likely N-dealkylation sites (N-methyl/N-ethyl adjacent to an activating group) is 1. The van der Waals surface area contributed by atoms with E-state index < -0.39 is 133 Å². The van der Waals surface area contributed by atoms with E-state index in [1.807, 2.05) is 6.92 Å². The van der Waals surface area contributed by atoms with Crippen molar-refractivity contribution in [3.63, 3.8) is 0 Å². The molecule has 0 amide bonds. The van der Waals surface area contributed by atoms with Gasteiger partial charge < -0.3 is 64.2 Å². The lowest BCUT2D eigenvalue weighted by Gasteiger charge is -2.55. The van der Waals surface area contributed by atoms with Crippen LogP contribution >= 0.6 is 0 Å². The molecule has 382 valence electrons. The Morgan fingerprint density at radius 2 is 1.54 bits per heavy atom. The lowest BCUT2D eigenvalue weighted by atomic mass is 9.74. The lowest BCUT2D eigenvalue weighted by Crippen LogP contribution is -2.70. The molecule has 18 atom stereocenters. The molecule has 4 saturated heterocycles. The molecule has 4 aliphatic heterocycles. The molecule has 0 aromatic carbocycles. The second kappa shape index (κ2) is 21.9. The number of carbonyl (C=O) groups is 1. The van der Waals surface area contributed by atoms with Crippen molar-refractivity contribution in [1.82, 2.24) is 14.5 Å². The maximum Gasteiger partial charge on any atom is 0.311 e. The Hall–Kier alpha value is -1.15. The molecule has 65 heavy (non-hydrogen) atoms. The summed E-state index contributed by atoms with van der Waals surface area (Å²) in [5.74, 6) is -3.28. The number of nitrogens with one attached hydrogen (secondary N) is 1. The lowest BCUT2D eigenvalue weighted by molar-refractivity contribution is -0.339. The van der Waals surface area contributed by atoms with Gasteiger partial charge in [0.1, 0.15) is 35.1 Å². The van der Waals surface area contributed by atoms with Crippen molar-refractivity contribution in [2.45, 2.75) is 204 Å². The zero-order valence-electron chi connectivity index (χ0n) is 41.0. The minimum atomic E-state index is -4.44. The maximum absolute atomic E-state index is 14.5. The van der Waals surface area contributed by atoms with Crippen LogP contribution in [0, 0.1) is 17.8 Å². The summed E-state index contributed by atoms with van der Waals surface area (Å²) in [7, 11) is -5.72. The van der Waals surface area contributed by atoms with Crippen LogP contribution in [0.4, 0.5) is 0 Å². The van der Waals surface area contributed by atoms with Crippen molar-refractivity contribution in [2.24, 2.45) is 17.8 Å². The van der Waals surface area contributed by atoms with E-state index in [9.17, 15) is 47.2 Å². The van der Waals surface area contributed by atoms with E-state index in [1.165, 1.54) is 21.1 Å². The molecule has 4 rings (SSSR count). The molecule has 6 N–H and O–H groups in total. The zero-order chi connectivity index (χ0) is 49.2. The Bertz CT molecular complexity index is 1790. The summed E-state index contributed by atoms with van der Waals surface area (Å²) in [6.45, 7) is 18.9. The predicted octanol–water partition coefficient (Wildman–Crippen LogP) is 1.12. The highest BCUT2D eigenvalue weighted by molar-refractivity contribution is 8.06. The Kier molecular flexibility index (Phi) is 19.0. The van der Waals surface area contributed by atoms with Crippen LogP contribution in [0.2, 0.25) is 0 Å². The molecule has 21 heteroatoms. The van der Waals surface area contributed by atoms with E-state index in [-0.39, 0.29) is 44.7 Å². The van der Waals surface area contributed by atoms with Crippen LogP contribution < -0.4 is 5.32 Å². The smallest absolute Gasteiger partial charge is 0.311 e. The van der Waals surface area contributed by atoms with E-state index >= 15 is 0 Å². The molecule has 4 heterocycles. The van der Waals surface area contributed by atoms with E-state index in [0.29, 0.717) is 0 Å². The van der Waals surface area contributed by atoms with Crippen molar-refractivity contribution < 1.29 is 75.6 Å². The topological polar surface area (TPSA) is 260 Å². The van der Waals surface area contributed by atoms with Crippen LogP contribution in [0.3, 0.4) is 0 Å². The van der Waals surface area contributed by atoms with Crippen molar-refractivity contribution in [3.05, 3.63) is 0 Å². The van der Waals surface area contributed by atoms with Crippen LogP contribution in [0.1, 0.15) is 114 Å². The molecule has 0 spiro atoms. The predicted molar refractivity (Wildman–Crippen MR) is 241 cm³/mol. The molecule has 0 aliphatic carbocycles. The first-order chi connectivity index (χ1) is 29.8. The summed E-state index contributed by atoms with van der Waals surface area (Å²) < 4.78 is 90.0. The molecule has 0 aromatic rings. The number of rotatable bonds is 12. The first-order valence-electron chi connectivity index (χ1n) is 23.3. The number of esters is 1. The number of sulfone groups is 1. The van der Waals surface area contributed by atoms with Gasteiger partial charge in [0.2, 0.25) is 10.0 Å². The van der Waals surface area contributed by atoms with Gasteiger partial charge in [-0.2, -0.15) is 4.31 Å². The van der Waals surface area contributed by atoms with E-state index in [0.717, 1.165) is 42.9 Å². The van der Waals surface area contributed by atoms with Crippen molar-refractivity contribution >= 4 is 25.8 Å². The Morgan fingerprint density at radius 3 is 2.11 bits per heavy atom. The molecule has 4 aliphatic rings. The molecule has 19 nitrogen and oxygen atoms in total. The van der Waals surface area contributed by atoms with Gasteiger partial charge in [-0.3, -0.25) is 4.79 Å². The summed E-state index contributed by atoms with van der Waals surface area (Å²) in [5, 5.41) is 62.2. The highest BCUT2D eigenvalue weighted by Crippen LogP contribution is 2.44. The minimum Gasteiger partial charge on any atom is -0.459 e. The van der Waals surface area contributed by atoms with Crippen LogP contribution in [0.5, 0.6) is 0 Å². The van der Waals surface area contributed by atoms with E-state index in [2.05, 4.69) is 10.2 Å². The van der Waals surface area contributed by atoms with Gasteiger partial charge in [0.25, 0.3) is 0 Å². The molecular formula is C44H83N3O16S2. The number of methoxy groups -OCH3 is 1. The summed E-state index contributed by atoms with van der Waals surface area (Å²) in [6, 6.07) is -1.88. The Morgan fingerprint density at radius 1 is 0.923 bits per heavy atom. The first kappa shape index (κ1) is 56.4. The molecule has 0 saturated carbocycles. The number of carbonyl (C=O) groups excluding carboxylic acids is 1. The van der Waals surface area contributed by atoms with Crippen molar-refractivity contribution in [2.75, 3.05) is 51.7 Å². The molecule has 0 unspecified atom stereocenters. The van der Waals surface area contributed by atoms with Gasteiger partial charge in [-0.1, -0.05) is 27.2 Å². The second-order valence-electron chi connectivity index (χ2n) is 20.6. The zero-order valence-corrected chi connectivity index (χ0v) is 42.6. The molecule has 0 aromatic heterocycles. The van der Waals surface area contributed by atoms with Gasteiger partial charge in [-0.15, -0.1) is 0 Å². The summed E-state index contributed by atoms with van der Waals surface area (Å²) in [6.07, 6.45) is -6.90. The SMILES string of the molecule is CC[C@H]1OC(=O)[C@H](C)[C@@H](O[C@H]2C[C@@](C)(OC)[C@](O)(CN3CCCCC3)[C@H](C)O2)[C@H](C)[C@@H](O[C@@H]2O[C@H](C)C[C@H](N(C)S(=O)(=O)CS(C)(=O)=O)[C@H]2O)[C@](C)(O)C[C@@H](C)CN[C@H](C)[C@@H](O)[C@]1(C)O. The average Bonchev–Trinajstić information content (AvgIpc) is 3.20. The number of ether oxygens (including phenoxy) is 6. The maximum atomic E-state index is 14.5. The standard InChI is InChI=1S/C44H83N3O16S2/c1-14-33-43(10,52)37(49)30(6)45-23-26(2)21-41(8,51)38(63-40-35(48)32(20-27(3)59-40)46(11)65(56,57)25-64(13,54)55)28(4)36(29(5)39(50)61-33)62-34-22-42(9,58-12)44(53,31(7)60-34)24-47-18-16-15-17-19-47/h26-38,40,45,48-49,51-53H,14-25H2,1-13H3/t26-,27-,28+,29-,30-,31+,32+,33-,34+,35-,36+,37-,38-,40+,41-,42-,43-,44+/m1/s1. The van der Waals surface area contributed by atoms with Gasteiger partial charge in [0, 0.05) is 45.3 Å². The fourth-order valence-electron chi connectivity index (χ4n) is 10.6. The van der Waals surface area contributed by atoms with Gasteiger partial charge in [0.05, 0.1) is 42.0 Å². The quantitative estimate of drug-likeness (QED) is 0.150. The Labute approximate surface area is 388 Å². The first-order valence-corrected chi connectivity index (χ1v) is 27.0. The number of β-amino-alcohol motifs (C(OH)–C–C–N with tert-alkyl or cyclic N) is 1. The van der Waals surface area contributed by atoms with Gasteiger partial charge in [-0.25, -0.2) is 16.8 Å². The minimum absolute atomic E-state index is 0.0135. The third kappa shape index (κ3) is 13.2. The highest BCUT2D eigenvalue weighted by Gasteiger charge is 2.59. The third-order valence-electron chi connectivity index (χ3n) is 14.7. The monoisotopic (exact) mass is 974 g/mol. The van der Waals surface area contributed by atoms with E-state index in [1.54, 1.807) is 55.4 Å². The van der Waals surface area contributed by atoms with E-state index in [4.69, 9.17) is 28.4 Å². The van der Waals surface area contributed by atoms with Crippen LogP contribution in [-0.2, 0) is 53.1 Å².